The first-order valence-corrected chi connectivity index (χ1v) is 8.27. The van der Waals surface area contributed by atoms with Crippen LogP contribution in [0.1, 0.15) is 11.1 Å². The molecule has 0 saturated heterocycles. The van der Waals surface area contributed by atoms with Gasteiger partial charge in [0.2, 0.25) is 0 Å². The van der Waals surface area contributed by atoms with E-state index in [1.165, 1.54) is 5.56 Å². The van der Waals surface area contributed by atoms with Crippen molar-refractivity contribution in [3.63, 3.8) is 0 Å². The number of anilines is 1. The Morgan fingerprint density at radius 1 is 1.38 bits per heavy atom. The van der Waals surface area contributed by atoms with Crippen molar-refractivity contribution in [2.75, 3.05) is 19.8 Å². The molecule has 0 aliphatic rings. The number of aromatic nitrogens is 3. The predicted molar refractivity (Wildman–Crippen MR) is 96.3 cm³/mol. The van der Waals surface area contributed by atoms with Crippen molar-refractivity contribution >= 4 is 17.2 Å². The average Bonchev–Trinajstić information content (AvgIpc) is 3.15. The number of imidazole rings is 1. The van der Waals surface area contributed by atoms with Gasteiger partial charge in [0.1, 0.15) is 17.5 Å². The summed E-state index contributed by atoms with van der Waals surface area (Å²) in [6.07, 6.45) is 3.43. The summed E-state index contributed by atoms with van der Waals surface area (Å²) < 4.78 is 1.87. The van der Waals surface area contributed by atoms with E-state index in [9.17, 15) is 5.26 Å². The minimum atomic E-state index is 0.244. The van der Waals surface area contributed by atoms with Crippen molar-refractivity contribution in [2.45, 2.75) is 6.54 Å². The number of nitrogen functional groups attached to an aromatic ring is 1. The van der Waals surface area contributed by atoms with E-state index in [0.717, 1.165) is 28.4 Å². The average molecular weight is 338 g/mol. The van der Waals surface area contributed by atoms with Gasteiger partial charge in [0.25, 0.3) is 0 Å². The molecule has 0 spiro atoms. The Morgan fingerprint density at radius 2 is 2.17 bits per heavy atom. The van der Waals surface area contributed by atoms with Crippen LogP contribution in [0.5, 0.6) is 0 Å². The highest BCUT2D eigenvalue weighted by molar-refractivity contribution is 7.13. The number of aryl methyl sites for hydroxylation is 1. The van der Waals surface area contributed by atoms with E-state index in [4.69, 9.17) is 5.73 Å². The van der Waals surface area contributed by atoms with Crippen LogP contribution in [-0.4, -0.2) is 33.5 Å². The predicted octanol–water partition coefficient (Wildman–Crippen LogP) is 2.73. The van der Waals surface area contributed by atoms with Gasteiger partial charge in [-0.25, -0.2) is 9.97 Å². The topological polar surface area (TPSA) is 83.8 Å². The SMILES string of the molecule is CN(C)Cc1csc(-c2cc(-c3cncn3C)c(C#N)c(N)n2)c1. The molecule has 3 rings (SSSR count). The van der Waals surface area contributed by atoms with Crippen LogP contribution in [0.4, 0.5) is 5.82 Å². The summed E-state index contributed by atoms with van der Waals surface area (Å²) in [7, 11) is 5.96. The fraction of sp³-hybridized carbons (Fsp3) is 0.235. The number of thiophene rings is 1. The molecule has 122 valence electrons. The van der Waals surface area contributed by atoms with Gasteiger partial charge in [-0.2, -0.15) is 5.26 Å². The third kappa shape index (κ3) is 3.02. The Balaban J connectivity index is 2.11. The second-order valence-corrected chi connectivity index (χ2v) is 6.79. The first-order valence-electron chi connectivity index (χ1n) is 7.39. The van der Waals surface area contributed by atoms with E-state index < -0.39 is 0 Å². The van der Waals surface area contributed by atoms with Gasteiger partial charge in [-0.15, -0.1) is 11.3 Å². The molecular formula is C17H18N6S. The Labute approximate surface area is 144 Å². The third-order valence-electron chi connectivity index (χ3n) is 3.66. The number of pyridine rings is 1. The molecule has 6 nitrogen and oxygen atoms in total. The molecule has 0 bridgehead atoms. The van der Waals surface area contributed by atoms with Gasteiger partial charge in [0, 0.05) is 19.2 Å². The molecular weight excluding hydrogens is 320 g/mol. The first-order chi connectivity index (χ1) is 11.5. The molecule has 7 heteroatoms. The van der Waals surface area contributed by atoms with E-state index in [1.807, 2.05) is 31.8 Å². The van der Waals surface area contributed by atoms with Crippen molar-refractivity contribution in [3.8, 4) is 27.9 Å². The minimum absolute atomic E-state index is 0.244. The number of nitrogens with two attached hydrogens (primary N) is 1. The van der Waals surface area contributed by atoms with Crippen LogP contribution in [-0.2, 0) is 13.6 Å². The lowest BCUT2D eigenvalue weighted by atomic mass is 10.1. The second-order valence-electron chi connectivity index (χ2n) is 5.87. The molecule has 0 aromatic carbocycles. The van der Waals surface area contributed by atoms with Crippen molar-refractivity contribution in [3.05, 3.63) is 41.2 Å². The van der Waals surface area contributed by atoms with Gasteiger partial charge >= 0.3 is 0 Å². The summed E-state index contributed by atoms with van der Waals surface area (Å²) in [6, 6.07) is 6.19. The maximum Gasteiger partial charge on any atom is 0.142 e. The van der Waals surface area contributed by atoms with E-state index in [1.54, 1.807) is 23.9 Å². The molecule has 0 aliphatic heterocycles. The number of rotatable bonds is 4. The molecule has 0 radical (unpaired) electrons. The highest BCUT2D eigenvalue weighted by Gasteiger charge is 2.16. The van der Waals surface area contributed by atoms with Gasteiger partial charge < -0.3 is 15.2 Å². The number of nitrogens with zero attached hydrogens (tertiary/aromatic N) is 5. The quantitative estimate of drug-likeness (QED) is 0.791. The monoisotopic (exact) mass is 338 g/mol. The van der Waals surface area contributed by atoms with Gasteiger partial charge in [-0.3, -0.25) is 0 Å². The van der Waals surface area contributed by atoms with Crippen LogP contribution >= 0.6 is 11.3 Å². The minimum Gasteiger partial charge on any atom is -0.383 e. The summed E-state index contributed by atoms with van der Waals surface area (Å²) in [4.78, 5) is 11.7. The Bertz CT molecular complexity index is 916. The summed E-state index contributed by atoms with van der Waals surface area (Å²) in [5, 5.41) is 11.6. The second kappa shape index (κ2) is 6.43. The van der Waals surface area contributed by atoms with Crippen LogP contribution in [0, 0.1) is 11.3 Å². The fourth-order valence-electron chi connectivity index (χ4n) is 2.59. The van der Waals surface area contributed by atoms with Gasteiger partial charge in [-0.05, 0) is 37.2 Å². The van der Waals surface area contributed by atoms with E-state index in [2.05, 4.69) is 32.4 Å². The van der Waals surface area contributed by atoms with E-state index in [-0.39, 0.29) is 5.82 Å². The maximum atomic E-state index is 9.45. The Kier molecular flexibility index (Phi) is 4.34. The zero-order valence-electron chi connectivity index (χ0n) is 13.8. The Hall–Kier alpha value is -2.69. The molecule has 0 amide bonds. The lowest BCUT2D eigenvalue weighted by Gasteiger charge is -2.09. The Morgan fingerprint density at radius 3 is 2.79 bits per heavy atom. The normalized spacial score (nSPS) is 11.0. The third-order valence-corrected chi connectivity index (χ3v) is 4.66. The zero-order chi connectivity index (χ0) is 17.3. The van der Waals surface area contributed by atoms with Crippen molar-refractivity contribution in [2.24, 2.45) is 7.05 Å². The summed E-state index contributed by atoms with van der Waals surface area (Å²) in [5.41, 5.74) is 10.0. The van der Waals surface area contributed by atoms with Crippen molar-refractivity contribution in [1.82, 2.24) is 19.4 Å². The molecule has 2 N–H and O–H groups in total. The van der Waals surface area contributed by atoms with Gasteiger partial charge in [0.15, 0.2) is 0 Å². The molecule has 3 aromatic heterocycles. The molecule has 0 aliphatic carbocycles. The summed E-state index contributed by atoms with van der Waals surface area (Å²) in [5.74, 6) is 0.244. The van der Waals surface area contributed by atoms with Crippen LogP contribution in [0.15, 0.2) is 30.0 Å². The smallest absolute Gasteiger partial charge is 0.142 e. The molecule has 0 saturated carbocycles. The molecule has 0 fully saturated rings. The zero-order valence-corrected chi connectivity index (χ0v) is 14.6. The van der Waals surface area contributed by atoms with Crippen LogP contribution in [0.3, 0.4) is 0 Å². The van der Waals surface area contributed by atoms with Crippen LogP contribution in [0.2, 0.25) is 0 Å². The van der Waals surface area contributed by atoms with Gasteiger partial charge in [0.05, 0.1) is 28.8 Å². The highest BCUT2D eigenvalue weighted by Crippen LogP contribution is 2.33. The largest absolute Gasteiger partial charge is 0.383 e. The highest BCUT2D eigenvalue weighted by atomic mass is 32.1. The molecule has 24 heavy (non-hydrogen) atoms. The number of hydrogen-bond acceptors (Lipinski definition) is 6. The molecule has 0 atom stereocenters. The maximum absolute atomic E-state index is 9.45. The standard InChI is InChI=1S/C17H18N6S/c1-22(2)8-11-4-16(24-9-11)14-5-12(13(6-18)17(19)21-14)15-7-20-10-23(15)3/h4-5,7,9-10H,8H2,1-3H3,(H2,19,21). The molecule has 3 heterocycles. The molecule has 3 aromatic rings. The summed E-state index contributed by atoms with van der Waals surface area (Å²) >= 11 is 1.63. The lowest BCUT2D eigenvalue weighted by molar-refractivity contribution is 0.403. The van der Waals surface area contributed by atoms with E-state index >= 15 is 0 Å². The number of nitriles is 1. The lowest BCUT2D eigenvalue weighted by Crippen LogP contribution is -2.09. The fourth-order valence-corrected chi connectivity index (χ4v) is 3.45. The van der Waals surface area contributed by atoms with Crippen molar-refractivity contribution < 1.29 is 0 Å². The van der Waals surface area contributed by atoms with Crippen molar-refractivity contribution in [1.29, 1.82) is 5.26 Å². The first kappa shape index (κ1) is 16.2. The summed E-state index contributed by atoms with van der Waals surface area (Å²) in [6.45, 7) is 0.872. The van der Waals surface area contributed by atoms with E-state index in [0.29, 0.717) is 5.56 Å². The van der Waals surface area contributed by atoms with Crippen LogP contribution < -0.4 is 5.73 Å². The molecule has 0 unspecified atom stereocenters. The van der Waals surface area contributed by atoms with Gasteiger partial charge in [-0.1, -0.05) is 0 Å². The van der Waals surface area contributed by atoms with Crippen LogP contribution in [0.25, 0.3) is 21.8 Å². The number of hydrogen-bond donors (Lipinski definition) is 1.